The lowest BCUT2D eigenvalue weighted by atomic mass is 10.2. The zero-order valence-corrected chi connectivity index (χ0v) is 21.9. The molecule has 38 heavy (non-hydrogen) atoms. The third-order valence-electron chi connectivity index (χ3n) is 4.68. The molecule has 0 spiro atoms. The topological polar surface area (TPSA) is 175 Å². The number of anilines is 1. The molecule has 2 N–H and O–H groups in total. The lowest BCUT2D eigenvalue weighted by Crippen LogP contribution is -2.17. The van der Waals surface area contributed by atoms with E-state index in [0.29, 0.717) is 92.4 Å². The van der Waals surface area contributed by atoms with Crippen LogP contribution in [0, 0.1) is 20.2 Å². The lowest BCUT2D eigenvalue weighted by molar-refractivity contribution is -0.393. The third-order valence-corrected chi connectivity index (χ3v) is 4.68. The highest BCUT2D eigenvalue weighted by Crippen LogP contribution is 2.28. The molecule has 0 bridgehead atoms. The number of nitrogens with zero attached hydrogens (tertiary/aromatic N) is 2. The van der Waals surface area contributed by atoms with Gasteiger partial charge in [0.2, 0.25) is 0 Å². The van der Waals surface area contributed by atoms with Gasteiger partial charge in [-0.2, -0.15) is 0 Å². The maximum atomic E-state index is 11.1. The number of non-ortho nitro benzene ring substituents is 1. The average Bonchev–Trinajstić information content (AvgIpc) is 2.91. The van der Waals surface area contributed by atoms with E-state index in [2.05, 4.69) is 10.6 Å². The summed E-state index contributed by atoms with van der Waals surface area (Å²) in [6.45, 7) is 7.71. The number of hydrogen-bond donors (Lipinski definition) is 2. The minimum Gasteiger partial charge on any atom is -0.378 e. The molecule has 0 amide bonds. The molecule has 1 rings (SSSR count). The van der Waals surface area contributed by atoms with Crippen molar-refractivity contribution in [2.75, 3.05) is 118 Å². The SMILES string of the molecule is CNCCOCCOCCOCCOCCOCCOCCOCCNc1ccc([N+](=O)[O-])cc1[N+](=O)[O-]. The highest BCUT2D eigenvalue weighted by molar-refractivity contribution is 5.65. The van der Waals surface area contributed by atoms with E-state index >= 15 is 0 Å². The second kappa shape index (κ2) is 23.6. The predicted molar refractivity (Wildman–Crippen MR) is 138 cm³/mol. The zero-order chi connectivity index (χ0) is 27.7. The fourth-order valence-corrected chi connectivity index (χ4v) is 2.79. The minimum atomic E-state index is -0.679. The number of rotatable bonds is 27. The number of hydrogen-bond acceptors (Lipinski definition) is 13. The first-order chi connectivity index (χ1) is 18.6. The number of ether oxygens (including phenoxy) is 7. The molecular weight excluding hydrogens is 508 g/mol. The monoisotopic (exact) mass is 548 g/mol. The first-order valence-electron chi connectivity index (χ1n) is 12.4. The molecule has 1 aromatic rings. The summed E-state index contributed by atoms with van der Waals surface area (Å²) >= 11 is 0. The summed E-state index contributed by atoms with van der Waals surface area (Å²) in [6, 6.07) is 3.43. The van der Waals surface area contributed by atoms with Gasteiger partial charge in [0.05, 0.1) is 108 Å². The second-order valence-corrected chi connectivity index (χ2v) is 7.53. The van der Waals surface area contributed by atoms with Crippen molar-refractivity contribution >= 4 is 17.1 Å². The van der Waals surface area contributed by atoms with Crippen LogP contribution in [0.1, 0.15) is 0 Å². The Bertz CT molecular complexity index is 758. The van der Waals surface area contributed by atoms with Crippen LogP contribution < -0.4 is 10.6 Å². The van der Waals surface area contributed by atoms with E-state index in [1.807, 2.05) is 7.05 Å². The molecule has 0 unspecified atom stereocenters. The van der Waals surface area contributed by atoms with Crippen LogP contribution in [0.2, 0.25) is 0 Å². The molecule has 0 radical (unpaired) electrons. The average molecular weight is 549 g/mol. The van der Waals surface area contributed by atoms with Crippen molar-refractivity contribution in [3.8, 4) is 0 Å². The molecule has 0 aliphatic rings. The summed E-state index contributed by atoms with van der Waals surface area (Å²) in [7, 11) is 1.88. The van der Waals surface area contributed by atoms with Gasteiger partial charge >= 0.3 is 0 Å². The van der Waals surface area contributed by atoms with Crippen molar-refractivity contribution in [3.05, 3.63) is 38.4 Å². The molecule has 15 heteroatoms. The van der Waals surface area contributed by atoms with E-state index in [4.69, 9.17) is 33.2 Å². The van der Waals surface area contributed by atoms with Crippen molar-refractivity contribution in [2.24, 2.45) is 0 Å². The summed E-state index contributed by atoms with van der Waals surface area (Å²) in [4.78, 5) is 20.5. The maximum absolute atomic E-state index is 11.1. The van der Waals surface area contributed by atoms with E-state index in [1.54, 1.807) is 0 Å². The smallest absolute Gasteiger partial charge is 0.299 e. The standard InChI is InChI=1S/C23H40N4O11/c1-24-4-6-32-8-10-34-12-14-36-16-18-38-19-17-37-15-13-35-11-9-33-7-5-25-22-3-2-21(26(28)29)20-23(22)27(30)31/h2-3,20,24-25H,4-19H2,1H3. The second-order valence-electron chi connectivity index (χ2n) is 7.53. The Kier molecular flexibility index (Phi) is 20.8. The normalized spacial score (nSPS) is 11.1. The molecule has 0 saturated carbocycles. The summed E-state index contributed by atoms with van der Waals surface area (Å²) in [6.07, 6.45) is 0. The largest absolute Gasteiger partial charge is 0.378 e. The molecule has 0 fully saturated rings. The van der Waals surface area contributed by atoms with Gasteiger partial charge in [0.1, 0.15) is 5.69 Å². The van der Waals surface area contributed by atoms with Crippen LogP contribution in [-0.4, -0.2) is 122 Å². The van der Waals surface area contributed by atoms with Gasteiger partial charge in [-0.05, 0) is 13.1 Å². The Morgan fingerprint density at radius 1 is 0.605 bits per heavy atom. The van der Waals surface area contributed by atoms with Gasteiger partial charge in [-0.25, -0.2) is 0 Å². The molecule has 15 nitrogen and oxygen atoms in total. The van der Waals surface area contributed by atoms with E-state index in [1.165, 1.54) is 12.1 Å². The van der Waals surface area contributed by atoms with Crippen LogP contribution in [0.4, 0.5) is 17.1 Å². The highest BCUT2D eigenvalue weighted by Gasteiger charge is 2.18. The Morgan fingerprint density at radius 2 is 1.00 bits per heavy atom. The van der Waals surface area contributed by atoms with E-state index in [9.17, 15) is 20.2 Å². The highest BCUT2D eigenvalue weighted by atomic mass is 16.6. The van der Waals surface area contributed by atoms with Gasteiger partial charge in [0.25, 0.3) is 11.4 Å². The zero-order valence-electron chi connectivity index (χ0n) is 21.9. The molecule has 0 atom stereocenters. The van der Waals surface area contributed by atoms with Crippen LogP contribution in [0.25, 0.3) is 0 Å². The summed E-state index contributed by atoms with van der Waals surface area (Å²) in [5.74, 6) is 0. The van der Waals surface area contributed by atoms with E-state index < -0.39 is 9.85 Å². The Labute approximate surface area is 222 Å². The van der Waals surface area contributed by atoms with Gasteiger partial charge in [-0.3, -0.25) is 20.2 Å². The first-order valence-corrected chi connectivity index (χ1v) is 12.4. The Morgan fingerprint density at radius 3 is 1.37 bits per heavy atom. The van der Waals surface area contributed by atoms with Crippen molar-refractivity contribution in [2.45, 2.75) is 0 Å². The molecule has 0 aliphatic heterocycles. The number of likely N-dealkylation sites (N-methyl/N-ethyl adjacent to an activating group) is 1. The molecular formula is C23H40N4O11. The number of nitro benzene ring substituents is 2. The van der Waals surface area contributed by atoms with Crippen LogP contribution in [-0.2, 0) is 33.2 Å². The van der Waals surface area contributed by atoms with Crippen LogP contribution in [0.3, 0.4) is 0 Å². The Balaban J connectivity index is 1.83. The van der Waals surface area contributed by atoms with Crippen molar-refractivity contribution in [3.63, 3.8) is 0 Å². The van der Waals surface area contributed by atoms with Crippen LogP contribution >= 0.6 is 0 Å². The molecule has 218 valence electrons. The lowest BCUT2D eigenvalue weighted by Gasteiger charge is -2.09. The van der Waals surface area contributed by atoms with Gasteiger partial charge in [-0.1, -0.05) is 0 Å². The molecule has 0 heterocycles. The number of nitro groups is 2. The molecule has 0 saturated heterocycles. The number of nitrogens with one attached hydrogen (secondary N) is 2. The molecule has 0 aliphatic carbocycles. The van der Waals surface area contributed by atoms with Gasteiger partial charge in [0, 0.05) is 19.2 Å². The molecule has 0 aromatic heterocycles. The predicted octanol–water partition coefficient (Wildman–Crippen LogP) is 1.25. The number of benzene rings is 1. The van der Waals surface area contributed by atoms with E-state index in [-0.39, 0.29) is 23.7 Å². The fraction of sp³-hybridized carbons (Fsp3) is 0.739. The van der Waals surface area contributed by atoms with Crippen molar-refractivity contribution in [1.29, 1.82) is 0 Å². The summed E-state index contributed by atoms with van der Waals surface area (Å²) < 4.78 is 37.8. The van der Waals surface area contributed by atoms with Crippen molar-refractivity contribution in [1.82, 2.24) is 5.32 Å². The molecule has 1 aromatic carbocycles. The van der Waals surface area contributed by atoms with Gasteiger partial charge < -0.3 is 43.8 Å². The van der Waals surface area contributed by atoms with Crippen molar-refractivity contribution < 1.29 is 43.0 Å². The maximum Gasteiger partial charge on any atom is 0.299 e. The minimum absolute atomic E-state index is 0.192. The van der Waals surface area contributed by atoms with Gasteiger partial charge in [-0.15, -0.1) is 0 Å². The Hall–Kier alpha value is -2.50. The van der Waals surface area contributed by atoms with Crippen LogP contribution in [0.5, 0.6) is 0 Å². The van der Waals surface area contributed by atoms with E-state index in [0.717, 1.165) is 12.6 Å². The van der Waals surface area contributed by atoms with Crippen LogP contribution in [0.15, 0.2) is 18.2 Å². The quantitative estimate of drug-likeness (QED) is 0.0913. The summed E-state index contributed by atoms with van der Waals surface area (Å²) in [5.41, 5.74) is -0.509. The van der Waals surface area contributed by atoms with Gasteiger partial charge in [0.15, 0.2) is 0 Å². The first kappa shape index (κ1) is 33.5. The third kappa shape index (κ3) is 17.9. The fourth-order valence-electron chi connectivity index (χ4n) is 2.79. The summed E-state index contributed by atoms with van der Waals surface area (Å²) in [5, 5.41) is 27.7.